The number of ether oxygens (including phenoxy) is 1. The highest BCUT2D eigenvalue weighted by atomic mass is 16.5. The number of hydrogen-bond acceptors (Lipinski definition) is 5. The Morgan fingerprint density at radius 1 is 1.13 bits per heavy atom. The number of carbonyl (C=O) groups is 1. The summed E-state index contributed by atoms with van der Waals surface area (Å²) in [6.45, 7) is 5.29. The number of benzene rings is 1. The molecule has 1 fully saturated rings. The molecule has 0 N–H and O–H groups in total. The van der Waals surface area contributed by atoms with E-state index in [2.05, 4.69) is 15.1 Å². The van der Waals surface area contributed by atoms with Gasteiger partial charge in [0.2, 0.25) is 0 Å². The van der Waals surface area contributed by atoms with Gasteiger partial charge in [-0.25, -0.2) is 0 Å². The van der Waals surface area contributed by atoms with Crippen LogP contribution in [-0.4, -0.2) is 53.8 Å². The van der Waals surface area contributed by atoms with Crippen LogP contribution in [0.2, 0.25) is 0 Å². The molecule has 1 saturated heterocycles. The highest BCUT2D eigenvalue weighted by molar-refractivity contribution is 5.97. The van der Waals surface area contributed by atoms with E-state index in [0.29, 0.717) is 31.0 Å². The fourth-order valence-corrected chi connectivity index (χ4v) is 2.70. The summed E-state index contributed by atoms with van der Waals surface area (Å²) in [5.41, 5.74) is 0.627. The van der Waals surface area contributed by atoms with Gasteiger partial charge in [0.15, 0.2) is 5.82 Å². The summed E-state index contributed by atoms with van der Waals surface area (Å²) in [5.74, 6) is 1.53. The molecule has 1 aromatic carbocycles. The molecular formula is C17H20N4O2. The summed E-state index contributed by atoms with van der Waals surface area (Å²) in [7, 11) is 0. The average Bonchev–Trinajstić information content (AvgIpc) is 2.63. The second-order valence-electron chi connectivity index (χ2n) is 5.29. The summed E-state index contributed by atoms with van der Waals surface area (Å²) in [6.07, 6.45) is 1.66. The standard InChI is InChI=1S/C17H20N4O2/c1-2-23-15-7-4-3-6-14(15)17(22)21-12-10-20(11-13-21)16-8-5-9-18-19-16/h3-9H,2,10-13H2,1H3. The molecule has 6 heteroatoms. The molecule has 2 heterocycles. The number of para-hydroxylation sites is 1. The summed E-state index contributed by atoms with van der Waals surface area (Å²) >= 11 is 0. The molecule has 0 spiro atoms. The van der Waals surface area contributed by atoms with Crippen molar-refractivity contribution in [3.63, 3.8) is 0 Å². The van der Waals surface area contributed by atoms with Crippen molar-refractivity contribution in [2.45, 2.75) is 6.92 Å². The largest absolute Gasteiger partial charge is 0.493 e. The van der Waals surface area contributed by atoms with Crippen LogP contribution in [0.15, 0.2) is 42.6 Å². The number of aromatic nitrogens is 2. The van der Waals surface area contributed by atoms with Crippen LogP contribution < -0.4 is 9.64 Å². The molecule has 0 bridgehead atoms. The van der Waals surface area contributed by atoms with Gasteiger partial charge in [0.25, 0.3) is 5.91 Å². The molecule has 0 atom stereocenters. The number of nitrogens with zero attached hydrogens (tertiary/aromatic N) is 4. The predicted octanol–water partition coefficient (Wildman–Crippen LogP) is 1.84. The molecule has 0 radical (unpaired) electrons. The number of piperazine rings is 1. The van der Waals surface area contributed by atoms with Crippen molar-refractivity contribution in [3.8, 4) is 5.75 Å². The predicted molar refractivity (Wildman–Crippen MR) is 87.8 cm³/mol. The van der Waals surface area contributed by atoms with Crippen LogP contribution in [0.25, 0.3) is 0 Å². The third kappa shape index (κ3) is 3.41. The highest BCUT2D eigenvalue weighted by Crippen LogP contribution is 2.21. The maximum Gasteiger partial charge on any atom is 0.257 e. The molecule has 2 aromatic rings. The third-order valence-corrected chi connectivity index (χ3v) is 3.87. The van der Waals surface area contributed by atoms with Gasteiger partial charge < -0.3 is 14.5 Å². The minimum absolute atomic E-state index is 0.0212. The van der Waals surface area contributed by atoms with Crippen molar-refractivity contribution in [2.75, 3.05) is 37.7 Å². The molecule has 6 nitrogen and oxygen atoms in total. The molecule has 1 aliphatic rings. The number of anilines is 1. The molecule has 1 amide bonds. The van der Waals surface area contributed by atoms with E-state index in [1.165, 1.54) is 0 Å². The Hall–Kier alpha value is -2.63. The SMILES string of the molecule is CCOc1ccccc1C(=O)N1CCN(c2cccnn2)CC1. The first-order valence-corrected chi connectivity index (χ1v) is 7.83. The van der Waals surface area contributed by atoms with Crippen LogP contribution in [0.5, 0.6) is 5.75 Å². The minimum atomic E-state index is 0.0212. The van der Waals surface area contributed by atoms with Gasteiger partial charge in [-0.3, -0.25) is 4.79 Å². The van der Waals surface area contributed by atoms with Gasteiger partial charge in [-0.15, -0.1) is 5.10 Å². The van der Waals surface area contributed by atoms with Gasteiger partial charge in [0.05, 0.1) is 12.2 Å². The molecule has 0 aliphatic carbocycles. The molecule has 1 aliphatic heterocycles. The van der Waals surface area contributed by atoms with Crippen molar-refractivity contribution in [1.29, 1.82) is 0 Å². The van der Waals surface area contributed by atoms with Crippen molar-refractivity contribution < 1.29 is 9.53 Å². The van der Waals surface area contributed by atoms with Gasteiger partial charge in [0.1, 0.15) is 5.75 Å². The lowest BCUT2D eigenvalue weighted by Crippen LogP contribution is -2.49. The summed E-state index contributed by atoms with van der Waals surface area (Å²) in [4.78, 5) is 16.7. The van der Waals surface area contributed by atoms with Gasteiger partial charge in [0, 0.05) is 32.4 Å². The maximum absolute atomic E-state index is 12.7. The Kier molecular flexibility index (Phi) is 4.71. The van der Waals surface area contributed by atoms with Gasteiger partial charge in [-0.2, -0.15) is 5.10 Å². The molecular weight excluding hydrogens is 292 g/mol. The van der Waals surface area contributed by atoms with Gasteiger partial charge in [-0.05, 0) is 31.2 Å². The second kappa shape index (κ2) is 7.09. The van der Waals surface area contributed by atoms with Crippen LogP contribution in [0.4, 0.5) is 5.82 Å². The van der Waals surface area contributed by atoms with Crippen molar-refractivity contribution in [1.82, 2.24) is 15.1 Å². The fraction of sp³-hybridized carbons (Fsp3) is 0.353. The second-order valence-corrected chi connectivity index (χ2v) is 5.29. The first kappa shape index (κ1) is 15.3. The third-order valence-electron chi connectivity index (χ3n) is 3.87. The lowest BCUT2D eigenvalue weighted by Gasteiger charge is -2.35. The van der Waals surface area contributed by atoms with Crippen LogP contribution in [0, 0.1) is 0 Å². The summed E-state index contributed by atoms with van der Waals surface area (Å²) in [6, 6.07) is 11.2. The van der Waals surface area contributed by atoms with Crippen molar-refractivity contribution >= 4 is 11.7 Å². The lowest BCUT2D eigenvalue weighted by atomic mass is 10.1. The maximum atomic E-state index is 12.7. The van der Waals surface area contributed by atoms with Gasteiger partial charge >= 0.3 is 0 Å². The molecule has 23 heavy (non-hydrogen) atoms. The molecule has 0 unspecified atom stereocenters. The normalized spacial score (nSPS) is 14.7. The average molecular weight is 312 g/mol. The molecule has 1 aromatic heterocycles. The Labute approximate surface area is 135 Å². The minimum Gasteiger partial charge on any atom is -0.493 e. The van der Waals surface area contributed by atoms with Gasteiger partial charge in [-0.1, -0.05) is 12.1 Å². The summed E-state index contributed by atoms with van der Waals surface area (Å²) < 4.78 is 5.56. The van der Waals surface area contributed by atoms with E-state index < -0.39 is 0 Å². The zero-order valence-corrected chi connectivity index (χ0v) is 13.2. The Morgan fingerprint density at radius 2 is 1.91 bits per heavy atom. The van der Waals surface area contributed by atoms with Crippen molar-refractivity contribution in [2.24, 2.45) is 0 Å². The van der Waals surface area contributed by atoms with E-state index >= 15 is 0 Å². The van der Waals surface area contributed by atoms with Crippen LogP contribution in [-0.2, 0) is 0 Å². The van der Waals surface area contributed by atoms with E-state index in [4.69, 9.17) is 4.74 Å². The van der Waals surface area contributed by atoms with E-state index in [1.807, 2.05) is 48.2 Å². The Balaban J connectivity index is 1.67. The zero-order chi connectivity index (χ0) is 16.1. The van der Waals surface area contributed by atoms with E-state index in [1.54, 1.807) is 6.20 Å². The summed E-state index contributed by atoms with van der Waals surface area (Å²) in [5, 5.41) is 8.03. The fourth-order valence-electron chi connectivity index (χ4n) is 2.70. The van der Waals surface area contributed by atoms with E-state index in [9.17, 15) is 4.79 Å². The lowest BCUT2D eigenvalue weighted by molar-refractivity contribution is 0.0742. The number of hydrogen-bond donors (Lipinski definition) is 0. The van der Waals surface area contributed by atoms with E-state index in [0.717, 1.165) is 18.9 Å². The number of rotatable bonds is 4. The number of amides is 1. The first-order chi connectivity index (χ1) is 11.3. The topological polar surface area (TPSA) is 58.6 Å². The Morgan fingerprint density at radius 3 is 2.61 bits per heavy atom. The van der Waals surface area contributed by atoms with Crippen LogP contribution in [0.1, 0.15) is 17.3 Å². The number of carbonyl (C=O) groups excluding carboxylic acids is 1. The zero-order valence-electron chi connectivity index (χ0n) is 13.2. The van der Waals surface area contributed by atoms with Crippen molar-refractivity contribution in [3.05, 3.63) is 48.2 Å². The van der Waals surface area contributed by atoms with E-state index in [-0.39, 0.29) is 5.91 Å². The quantitative estimate of drug-likeness (QED) is 0.862. The van der Waals surface area contributed by atoms with Crippen LogP contribution >= 0.6 is 0 Å². The van der Waals surface area contributed by atoms with Crippen LogP contribution in [0.3, 0.4) is 0 Å². The highest BCUT2D eigenvalue weighted by Gasteiger charge is 2.24. The molecule has 120 valence electrons. The monoisotopic (exact) mass is 312 g/mol. The smallest absolute Gasteiger partial charge is 0.257 e. The first-order valence-electron chi connectivity index (χ1n) is 7.83. The molecule has 3 rings (SSSR count). The molecule has 0 saturated carbocycles. The Bertz CT molecular complexity index is 655.